The van der Waals surface area contributed by atoms with Crippen molar-refractivity contribution >= 4 is 13.3 Å². The SMILES string of the molecule is C=CC(=O)OCCP(=O)(O)CCCCCCCCCCCC. The molecule has 5 heteroatoms. The quantitative estimate of drug-likeness (QED) is 0.200. The second-order valence-corrected chi connectivity index (χ2v) is 8.43. The normalized spacial score (nSPS) is 13.5. The van der Waals surface area contributed by atoms with Crippen LogP contribution in [0.5, 0.6) is 0 Å². The van der Waals surface area contributed by atoms with Crippen LogP contribution in [0.25, 0.3) is 0 Å². The van der Waals surface area contributed by atoms with Gasteiger partial charge in [-0.05, 0) is 6.42 Å². The van der Waals surface area contributed by atoms with Gasteiger partial charge in [0.15, 0.2) is 0 Å². The number of esters is 1. The van der Waals surface area contributed by atoms with Gasteiger partial charge < -0.3 is 9.63 Å². The van der Waals surface area contributed by atoms with Gasteiger partial charge in [-0.3, -0.25) is 4.57 Å². The minimum absolute atomic E-state index is 0.00358. The van der Waals surface area contributed by atoms with Gasteiger partial charge in [0.1, 0.15) is 6.61 Å². The van der Waals surface area contributed by atoms with E-state index in [1.54, 1.807) is 0 Å². The highest BCUT2D eigenvalue weighted by molar-refractivity contribution is 7.58. The summed E-state index contributed by atoms with van der Waals surface area (Å²) in [4.78, 5) is 20.6. The lowest BCUT2D eigenvalue weighted by molar-refractivity contribution is -0.137. The fourth-order valence-electron chi connectivity index (χ4n) is 2.31. The second kappa shape index (κ2) is 14.0. The number of rotatable bonds is 15. The molecule has 1 unspecified atom stereocenters. The van der Waals surface area contributed by atoms with Crippen LogP contribution in [0.1, 0.15) is 71.1 Å². The van der Waals surface area contributed by atoms with E-state index in [0.717, 1.165) is 25.3 Å². The van der Waals surface area contributed by atoms with E-state index in [-0.39, 0.29) is 12.8 Å². The Morgan fingerprint density at radius 3 is 2.00 bits per heavy atom. The van der Waals surface area contributed by atoms with Crippen molar-refractivity contribution in [3.8, 4) is 0 Å². The first-order valence-electron chi connectivity index (χ1n) is 8.62. The summed E-state index contributed by atoms with van der Waals surface area (Å²) in [5.74, 6) is -0.543. The van der Waals surface area contributed by atoms with E-state index in [2.05, 4.69) is 13.5 Å². The van der Waals surface area contributed by atoms with Crippen molar-refractivity contribution in [2.24, 2.45) is 0 Å². The van der Waals surface area contributed by atoms with E-state index in [9.17, 15) is 14.3 Å². The number of carbonyl (C=O) groups excluding carboxylic acids is 1. The van der Waals surface area contributed by atoms with E-state index >= 15 is 0 Å². The minimum atomic E-state index is -3.14. The molecule has 0 aliphatic carbocycles. The average Bonchev–Trinajstić information content (AvgIpc) is 2.48. The molecular formula is C17H33O4P. The van der Waals surface area contributed by atoms with Crippen LogP contribution in [0.3, 0.4) is 0 Å². The summed E-state index contributed by atoms with van der Waals surface area (Å²) < 4.78 is 16.6. The van der Waals surface area contributed by atoms with Gasteiger partial charge in [0.2, 0.25) is 7.37 Å². The van der Waals surface area contributed by atoms with Crippen molar-refractivity contribution in [3.05, 3.63) is 12.7 Å². The predicted molar refractivity (Wildman–Crippen MR) is 92.6 cm³/mol. The smallest absolute Gasteiger partial charge is 0.330 e. The Hall–Kier alpha value is -0.600. The molecule has 0 fully saturated rings. The molecule has 0 aromatic carbocycles. The van der Waals surface area contributed by atoms with Gasteiger partial charge in [0, 0.05) is 12.2 Å². The zero-order valence-corrected chi connectivity index (χ0v) is 15.0. The average molecular weight is 332 g/mol. The maximum atomic E-state index is 11.9. The summed E-state index contributed by atoms with van der Waals surface area (Å²) in [7, 11) is -3.14. The summed E-state index contributed by atoms with van der Waals surface area (Å²) in [6.45, 7) is 5.50. The number of unbranched alkanes of at least 4 members (excludes halogenated alkanes) is 9. The van der Waals surface area contributed by atoms with Crippen LogP contribution in [0.4, 0.5) is 0 Å². The Morgan fingerprint density at radius 2 is 1.50 bits per heavy atom. The fraction of sp³-hybridized carbons (Fsp3) is 0.824. The van der Waals surface area contributed by atoms with Crippen LogP contribution < -0.4 is 0 Å². The van der Waals surface area contributed by atoms with Gasteiger partial charge in [-0.25, -0.2) is 4.79 Å². The van der Waals surface area contributed by atoms with Crippen molar-refractivity contribution in [3.63, 3.8) is 0 Å². The third-order valence-corrected chi connectivity index (χ3v) is 5.61. The molecule has 0 aliphatic rings. The van der Waals surface area contributed by atoms with Crippen LogP contribution in [-0.4, -0.2) is 29.8 Å². The van der Waals surface area contributed by atoms with Crippen molar-refractivity contribution in [1.82, 2.24) is 0 Å². The minimum Gasteiger partial charge on any atom is -0.462 e. The number of carbonyl (C=O) groups is 1. The maximum absolute atomic E-state index is 11.9. The van der Waals surface area contributed by atoms with Gasteiger partial charge in [-0.15, -0.1) is 0 Å². The van der Waals surface area contributed by atoms with Crippen LogP contribution >= 0.6 is 7.37 Å². The molecule has 22 heavy (non-hydrogen) atoms. The summed E-state index contributed by atoms with van der Waals surface area (Å²) >= 11 is 0. The van der Waals surface area contributed by atoms with Crippen molar-refractivity contribution < 1.29 is 19.0 Å². The lowest BCUT2D eigenvalue weighted by Crippen LogP contribution is -2.07. The Bertz CT molecular complexity index is 342. The molecule has 0 aromatic heterocycles. The van der Waals surface area contributed by atoms with Gasteiger partial charge >= 0.3 is 5.97 Å². The maximum Gasteiger partial charge on any atom is 0.330 e. The van der Waals surface area contributed by atoms with Crippen LogP contribution in [0.2, 0.25) is 0 Å². The molecule has 0 aromatic rings. The predicted octanol–water partition coefficient (Wildman–Crippen LogP) is 4.91. The Balaban J connectivity index is 3.43. The molecule has 0 radical (unpaired) electrons. The molecule has 1 atom stereocenters. The van der Waals surface area contributed by atoms with Crippen molar-refractivity contribution in [2.75, 3.05) is 18.9 Å². The third-order valence-electron chi connectivity index (χ3n) is 3.71. The molecule has 0 saturated carbocycles. The van der Waals surface area contributed by atoms with Gasteiger partial charge in [0.05, 0.1) is 6.16 Å². The molecule has 0 saturated heterocycles. The fourth-order valence-corrected chi connectivity index (χ4v) is 3.62. The number of hydrogen-bond donors (Lipinski definition) is 1. The Kier molecular flexibility index (Phi) is 13.6. The molecule has 4 nitrogen and oxygen atoms in total. The molecule has 0 aliphatic heterocycles. The molecule has 0 amide bonds. The first kappa shape index (κ1) is 21.4. The first-order chi connectivity index (χ1) is 10.5. The van der Waals surface area contributed by atoms with Gasteiger partial charge in [-0.1, -0.05) is 71.3 Å². The first-order valence-corrected chi connectivity index (χ1v) is 10.6. The third kappa shape index (κ3) is 14.3. The zero-order valence-electron chi connectivity index (χ0n) is 14.1. The molecule has 1 N–H and O–H groups in total. The largest absolute Gasteiger partial charge is 0.462 e. The van der Waals surface area contributed by atoms with E-state index in [0.29, 0.717) is 6.16 Å². The van der Waals surface area contributed by atoms with Crippen molar-refractivity contribution in [2.45, 2.75) is 71.1 Å². The Labute approximate surface area is 135 Å². The Morgan fingerprint density at radius 1 is 1.00 bits per heavy atom. The van der Waals surface area contributed by atoms with Crippen LogP contribution in [-0.2, 0) is 14.1 Å². The highest BCUT2D eigenvalue weighted by Crippen LogP contribution is 2.41. The van der Waals surface area contributed by atoms with E-state index < -0.39 is 13.3 Å². The van der Waals surface area contributed by atoms with Gasteiger partial charge in [0.25, 0.3) is 0 Å². The zero-order chi connectivity index (χ0) is 16.7. The van der Waals surface area contributed by atoms with Crippen LogP contribution in [0.15, 0.2) is 12.7 Å². The molecule has 130 valence electrons. The molecule has 0 bridgehead atoms. The van der Waals surface area contributed by atoms with E-state index in [1.165, 1.54) is 44.9 Å². The standard InChI is InChI=1S/C17H33O4P/c1-3-5-6-7-8-9-10-11-12-13-15-22(19,20)16-14-21-17(18)4-2/h4H,2-3,5-16H2,1H3,(H,19,20). The summed E-state index contributed by atoms with van der Waals surface area (Å²) in [6.07, 6.45) is 13.5. The molecule has 0 heterocycles. The topological polar surface area (TPSA) is 63.6 Å². The molecular weight excluding hydrogens is 299 g/mol. The highest BCUT2D eigenvalue weighted by atomic mass is 31.2. The number of hydrogen-bond acceptors (Lipinski definition) is 3. The van der Waals surface area contributed by atoms with Crippen LogP contribution in [0, 0.1) is 0 Å². The molecule has 0 rings (SSSR count). The highest BCUT2D eigenvalue weighted by Gasteiger charge is 2.17. The number of ether oxygens (including phenoxy) is 1. The van der Waals surface area contributed by atoms with Gasteiger partial charge in [-0.2, -0.15) is 0 Å². The summed E-state index contributed by atoms with van der Waals surface area (Å²) in [5, 5.41) is 0. The lowest BCUT2D eigenvalue weighted by atomic mass is 10.1. The lowest BCUT2D eigenvalue weighted by Gasteiger charge is -2.11. The summed E-state index contributed by atoms with van der Waals surface area (Å²) in [6, 6.07) is 0. The van der Waals surface area contributed by atoms with E-state index in [4.69, 9.17) is 4.74 Å². The van der Waals surface area contributed by atoms with Crippen molar-refractivity contribution in [1.29, 1.82) is 0 Å². The second-order valence-electron chi connectivity index (χ2n) is 5.85. The summed E-state index contributed by atoms with van der Waals surface area (Å²) in [5.41, 5.74) is 0. The molecule has 0 spiro atoms. The van der Waals surface area contributed by atoms with E-state index in [1.807, 2.05) is 0 Å². The monoisotopic (exact) mass is 332 g/mol.